The Hall–Kier alpha value is -0.770. The van der Waals surface area contributed by atoms with Gasteiger partial charge in [0.1, 0.15) is 0 Å². The Morgan fingerprint density at radius 3 is 2.18 bits per heavy atom. The third-order valence-electron chi connectivity index (χ3n) is 4.33. The number of carbonyl (C=O) groups excluding carboxylic acids is 1. The molecule has 17 heavy (non-hydrogen) atoms. The van der Waals surface area contributed by atoms with Gasteiger partial charge < -0.3 is 10.2 Å². The fraction of sp³-hybridized carbons (Fsp3) is 0.923. The Labute approximate surface area is 104 Å². The lowest BCUT2D eigenvalue weighted by Gasteiger charge is -2.42. The van der Waals surface area contributed by atoms with E-state index in [0.29, 0.717) is 18.1 Å². The van der Waals surface area contributed by atoms with Gasteiger partial charge in [-0.25, -0.2) is 4.79 Å². The molecule has 4 heteroatoms. The molecule has 0 aromatic heterocycles. The van der Waals surface area contributed by atoms with E-state index in [-0.39, 0.29) is 6.03 Å². The van der Waals surface area contributed by atoms with Crippen LogP contribution in [0.5, 0.6) is 0 Å². The lowest BCUT2D eigenvalue weighted by molar-refractivity contribution is 0.0760. The second-order valence-electron chi connectivity index (χ2n) is 5.70. The summed E-state index contributed by atoms with van der Waals surface area (Å²) >= 11 is 0. The Balaban J connectivity index is 1.86. The topological polar surface area (TPSA) is 35.6 Å². The highest BCUT2D eigenvalue weighted by atomic mass is 16.2. The SMILES string of the molecule is CC1CN(C(=O)NC2CCCC2)CC(C)N1C. The molecule has 0 spiro atoms. The van der Waals surface area contributed by atoms with Crippen LogP contribution < -0.4 is 5.32 Å². The van der Waals surface area contributed by atoms with Crippen molar-refractivity contribution in [1.29, 1.82) is 0 Å². The second-order valence-corrected chi connectivity index (χ2v) is 5.70. The molecule has 1 aliphatic heterocycles. The number of hydrogen-bond donors (Lipinski definition) is 1. The summed E-state index contributed by atoms with van der Waals surface area (Å²) in [7, 11) is 2.14. The molecule has 2 atom stereocenters. The van der Waals surface area contributed by atoms with Crippen molar-refractivity contribution in [3.8, 4) is 0 Å². The second kappa shape index (κ2) is 5.25. The van der Waals surface area contributed by atoms with E-state index in [4.69, 9.17) is 0 Å². The van der Waals surface area contributed by atoms with Crippen molar-refractivity contribution in [1.82, 2.24) is 15.1 Å². The first-order valence-electron chi connectivity index (χ1n) is 6.85. The van der Waals surface area contributed by atoms with Crippen molar-refractivity contribution in [3.05, 3.63) is 0 Å². The summed E-state index contributed by atoms with van der Waals surface area (Å²) in [5, 5.41) is 3.17. The number of nitrogens with one attached hydrogen (secondary N) is 1. The number of urea groups is 1. The van der Waals surface area contributed by atoms with Crippen LogP contribution in [0.15, 0.2) is 0 Å². The van der Waals surface area contributed by atoms with Crippen molar-refractivity contribution in [3.63, 3.8) is 0 Å². The molecule has 0 radical (unpaired) electrons. The summed E-state index contributed by atoms with van der Waals surface area (Å²) in [5.74, 6) is 0. The van der Waals surface area contributed by atoms with Gasteiger partial charge in [-0.3, -0.25) is 4.90 Å². The first kappa shape index (κ1) is 12.7. The number of amides is 2. The third kappa shape index (κ3) is 2.92. The maximum Gasteiger partial charge on any atom is 0.317 e. The smallest absolute Gasteiger partial charge is 0.317 e. The van der Waals surface area contributed by atoms with Crippen LogP contribution in [-0.4, -0.2) is 54.1 Å². The summed E-state index contributed by atoms with van der Waals surface area (Å²) in [6.07, 6.45) is 4.84. The quantitative estimate of drug-likeness (QED) is 0.755. The maximum absolute atomic E-state index is 12.1. The Morgan fingerprint density at radius 1 is 1.12 bits per heavy atom. The zero-order chi connectivity index (χ0) is 12.4. The number of carbonyl (C=O) groups is 1. The van der Waals surface area contributed by atoms with Gasteiger partial charge >= 0.3 is 6.03 Å². The van der Waals surface area contributed by atoms with Crippen molar-refractivity contribution in [2.75, 3.05) is 20.1 Å². The molecule has 2 fully saturated rings. The lowest BCUT2D eigenvalue weighted by Crippen LogP contribution is -2.59. The van der Waals surface area contributed by atoms with Crippen LogP contribution in [0.4, 0.5) is 4.79 Å². The predicted molar refractivity (Wildman–Crippen MR) is 69.0 cm³/mol. The Morgan fingerprint density at radius 2 is 1.65 bits per heavy atom. The lowest BCUT2D eigenvalue weighted by atomic mass is 10.1. The molecule has 98 valence electrons. The summed E-state index contributed by atoms with van der Waals surface area (Å²) in [6, 6.07) is 1.47. The van der Waals surface area contributed by atoms with Gasteiger partial charge in [-0.15, -0.1) is 0 Å². The van der Waals surface area contributed by atoms with Gasteiger partial charge in [0, 0.05) is 31.2 Å². The monoisotopic (exact) mass is 239 g/mol. The number of hydrogen-bond acceptors (Lipinski definition) is 2. The van der Waals surface area contributed by atoms with Crippen LogP contribution in [0, 0.1) is 0 Å². The minimum absolute atomic E-state index is 0.142. The average Bonchev–Trinajstić information content (AvgIpc) is 2.77. The molecule has 1 saturated carbocycles. The third-order valence-corrected chi connectivity index (χ3v) is 4.33. The molecule has 0 aromatic rings. The zero-order valence-electron chi connectivity index (χ0n) is 11.3. The molecule has 1 aliphatic carbocycles. The number of likely N-dealkylation sites (N-methyl/N-ethyl adjacent to an activating group) is 1. The Bertz CT molecular complexity index is 264. The standard InChI is InChI=1S/C13H25N3O/c1-10-8-16(9-11(2)15(10)3)13(17)14-12-6-4-5-7-12/h10-12H,4-9H2,1-3H3,(H,14,17). The summed E-state index contributed by atoms with van der Waals surface area (Å²) in [4.78, 5) is 16.5. The zero-order valence-corrected chi connectivity index (χ0v) is 11.3. The van der Waals surface area contributed by atoms with E-state index in [2.05, 4.69) is 31.1 Å². The summed E-state index contributed by atoms with van der Waals surface area (Å²) in [5.41, 5.74) is 0. The highest BCUT2D eigenvalue weighted by Crippen LogP contribution is 2.19. The summed E-state index contributed by atoms with van der Waals surface area (Å²) < 4.78 is 0. The van der Waals surface area contributed by atoms with Gasteiger partial charge in [0.15, 0.2) is 0 Å². The molecule has 2 unspecified atom stereocenters. The van der Waals surface area contributed by atoms with Gasteiger partial charge in [-0.1, -0.05) is 12.8 Å². The molecule has 0 bridgehead atoms. The molecule has 2 aliphatic rings. The molecule has 1 N–H and O–H groups in total. The Kier molecular flexibility index (Phi) is 3.92. The van der Waals surface area contributed by atoms with E-state index in [1.54, 1.807) is 0 Å². The number of nitrogens with zero attached hydrogens (tertiary/aromatic N) is 2. The van der Waals surface area contributed by atoms with E-state index in [1.807, 2.05) is 4.90 Å². The number of piperazine rings is 1. The van der Waals surface area contributed by atoms with Crippen LogP contribution in [-0.2, 0) is 0 Å². The fourth-order valence-corrected chi connectivity index (χ4v) is 2.91. The van der Waals surface area contributed by atoms with Crippen molar-refractivity contribution < 1.29 is 4.79 Å². The number of rotatable bonds is 1. The van der Waals surface area contributed by atoms with Crippen LogP contribution in [0.25, 0.3) is 0 Å². The molecule has 1 heterocycles. The van der Waals surface area contributed by atoms with Gasteiger partial charge in [0.25, 0.3) is 0 Å². The largest absolute Gasteiger partial charge is 0.335 e. The van der Waals surface area contributed by atoms with E-state index in [1.165, 1.54) is 12.8 Å². The fourth-order valence-electron chi connectivity index (χ4n) is 2.91. The van der Waals surface area contributed by atoms with Crippen LogP contribution in [0.1, 0.15) is 39.5 Å². The maximum atomic E-state index is 12.1. The van der Waals surface area contributed by atoms with E-state index >= 15 is 0 Å². The van der Waals surface area contributed by atoms with Gasteiger partial charge in [0.05, 0.1) is 0 Å². The molecular formula is C13H25N3O. The molecule has 0 aromatic carbocycles. The van der Waals surface area contributed by atoms with Gasteiger partial charge in [-0.2, -0.15) is 0 Å². The van der Waals surface area contributed by atoms with Crippen molar-refractivity contribution >= 4 is 6.03 Å². The predicted octanol–water partition coefficient (Wildman–Crippen LogP) is 1.66. The van der Waals surface area contributed by atoms with Gasteiger partial charge in [0.2, 0.25) is 0 Å². The van der Waals surface area contributed by atoms with Crippen LogP contribution in [0.3, 0.4) is 0 Å². The van der Waals surface area contributed by atoms with Crippen LogP contribution in [0.2, 0.25) is 0 Å². The minimum atomic E-state index is 0.142. The molecule has 1 saturated heterocycles. The van der Waals surface area contributed by atoms with E-state index in [9.17, 15) is 4.79 Å². The molecular weight excluding hydrogens is 214 g/mol. The summed E-state index contributed by atoms with van der Waals surface area (Å²) in [6.45, 7) is 6.07. The van der Waals surface area contributed by atoms with E-state index in [0.717, 1.165) is 25.9 Å². The molecule has 2 amide bonds. The van der Waals surface area contributed by atoms with E-state index < -0.39 is 0 Å². The van der Waals surface area contributed by atoms with Gasteiger partial charge in [-0.05, 0) is 33.7 Å². The van der Waals surface area contributed by atoms with Crippen molar-refractivity contribution in [2.24, 2.45) is 0 Å². The van der Waals surface area contributed by atoms with Crippen molar-refractivity contribution in [2.45, 2.75) is 57.7 Å². The van der Waals surface area contributed by atoms with Crippen LogP contribution >= 0.6 is 0 Å². The highest BCUT2D eigenvalue weighted by molar-refractivity contribution is 5.74. The normalized spacial score (nSPS) is 31.8. The average molecular weight is 239 g/mol. The first-order valence-corrected chi connectivity index (χ1v) is 6.85. The minimum Gasteiger partial charge on any atom is -0.335 e. The first-order chi connectivity index (χ1) is 8.08. The highest BCUT2D eigenvalue weighted by Gasteiger charge is 2.30. The molecule has 4 nitrogen and oxygen atoms in total. The molecule has 2 rings (SSSR count).